The van der Waals surface area contributed by atoms with Crippen LogP contribution in [0, 0.1) is 11.3 Å². The van der Waals surface area contributed by atoms with Crippen molar-refractivity contribution >= 4 is 35.1 Å². The van der Waals surface area contributed by atoms with Gasteiger partial charge in [-0.1, -0.05) is 12.1 Å². The standard InChI is InChI=1S/C19H18N2O3S2/c20-8-11-25-18-5-2-1-4-15(18)21-19(22)13-26-14-6-7-16-17(12-14)24-10-3-9-23-16/h1-2,4-7,12H,3,9-11,13H2,(H,21,22). The average Bonchev–Trinajstić information content (AvgIpc) is 2.90. The van der Waals surface area contributed by atoms with E-state index in [2.05, 4.69) is 11.4 Å². The van der Waals surface area contributed by atoms with Crippen LogP contribution >= 0.6 is 23.5 Å². The molecule has 0 fully saturated rings. The molecule has 1 aliphatic heterocycles. The molecule has 2 aromatic carbocycles. The van der Waals surface area contributed by atoms with Gasteiger partial charge in [-0.2, -0.15) is 5.26 Å². The summed E-state index contributed by atoms with van der Waals surface area (Å²) in [5.41, 5.74) is 0.733. The molecule has 5 nitrogen and oxygen atoms in total. The smallest absolute Gasteiger partial charge is 0.234 e. The Balaban J connectivity index is 1.58. The van der Waals surface area contributed by atoms with Crippen molar-refractivity contribution in [2.75, 3.05) is 30.0 Å². The van der Waals surface area contributed by atoms with Crippen molar-refractivity contribution in [3.05, 3.63) is 42.5 Å². The Morgan fingerprint density at radius 2 is 1.92 bits per heavy atom. The average molecular weight is 386 g/mol. The Hall–Kier alpha value is -2.30. The Morgan fingerprint density at radius 3 is 2.77 bits per heavy atom. The summed E-state index contributed by atoms with van der Waals surface area (Å²) in [5.74, 6) is 2.02. The van der Waals surface area contributed by atoms with Crippen molar-refractivity contribution in [3.63, 3.8) is 0 Å². The molecule has 1 N–H and O–H groups in total. The van der Waals surface area contributed by atoms with E-state index in [4.69, 9.17) is 14.7 Å². The van der Waals surface area contributed by atoms with E-state index in [0.29, 0.717) is 19.0 Å². The van der Waals surface area contributed by atoms with Crippen LogP contribution in [0.5, 0.6) is 11.5 Å². The number of nitriles is 1. The largest absolute Gasteiger partial charge is 0.490 e. The third-order valence-electron chi connectivity index (χ3n) is 3.54. The van der Waals surface area contributed by atoms with Gasteiger partial charge in [0.05, 0.1) is 36.5 Å². The second-order valence-corrected chi connectivity index (χ2v) is 7.50. The summed E-state index contributed by atoms with van der Waals surface area (Å²) in [4.78, 5) is 14.1. The third-order valence-corrected chi connectivity index (χ3v) is 5.48. The molecule has 1 aliphatic rings. The molecular formula is C19H18N2O3S2. The molecule has 0 atom stereocenters. The number of thioether (sulfide) groups is 2. The maximum Gasteiger partial charge on any atom is 0.234 e. The fraction of sp³-hybridized carbons (Fsp3) is 0.263. The number of para-hydroxylation sites is 1. The molecule has 0 aromatic heterocycles. The first-order valence-corrected chi connectivity index (χ1v) is 10.1. The topological polar surface area (TPSA) is 71.4 Å². The van der Waals surface area contributed by atoms with Crippen molar-refractivity contribution in [1.29, 1.82) is 5.26 Å². The number of nitrogens with zero attached hydrogens (tertiary/aromatic N) is 1. The Labute approximate surface area is 161 Å². The zero-order valence-electron chi connectivity index (χ0n) is 14.1. The minimum Gasteiger partial charge on any atom is -0.490 e. The van der Waals surface area contributed by atoms with Gasteiger partial charge in [0.25, 0.3) is 0 Å². The number of hydrogen-bond acceptors (Lipinski definition) is 6. The molecule has 0 saturated heterocycles. The molecule has 134 valence electrons. The molecule has 0 aliphatic carbocycles. The number of fused-ring (bicyclic) bond motifs is 1. The molecule has 0 bridgehead atoms. The van der Waals surface area contributed by atoms with E-state index in [-0.39, 0.29) is 11.7 Å². The van der Waals surface area contributed by atoms with Crippen LogP contribution in [0.25, 0.3) is 0 Å². The van der Waals surface area contributed by atoms with Crippen molar-refractivity contribution in [1.82, 2.24) is 0 Å². The molecule has 0 unspecified atom stereocenters. The Bertz CT molecular complexity index is 821. The molecule has 1 heterocycles. The lowest BCUT2D eigenvalue weighted by molar-refractivity contribution is -0.113. The number of rotatable bonds is 6. The minimum absolute atomic E-state index is 0.0906. The van der Waals surface area contributed by atoms with E-state index in [9.17, 15) is 4.79 Å². The van der Waals surface area contributed by atoms with E-state index < -0.39 is 0 Å². The molecule has 26 heavy (non-hydrogen) atoms. The zero-order valence-corrected chi connectivity index (χ0v) is 15.7. The molecule has 0 radical (unpaired) electrons. The summed E-state index contributed by atoms with van der Waals surface area (Å²) >= 11 is 2.85. The lowest BCUT2D eigenvalue weighted by Crippen LogP contribution is -2.14. The summed E-state index contributed by atoms with van der Waals surface area (Å²) in [6, 6.07) is 15.3. The highest BCUT2D eigenvalue weighted by molar-refractivity contribution is 8.00. The lowest BCUT2D eigenvalue weighted by atomic mass is 10.3. The van der Waals surface area contributed by atoms with Crippen LogP contribution in [0.4, 0.5) is 5.69 Å². The Morgan fingerprint density at radius 1 is 1.12 bits per heavy atom. The van der Waals surface area contributed by atoms with Gasteiger partial charge in [0, 0.05) is 16.2 Å². The summed E-state index contributed by atoms with van der Waals surface area (Å²) in [7, 11) is 0. The molecule has 0 saturated carbocycles. The SMILES string of the molecule is N#CCSc1ccccc1NC(=O)CSc1ccc2c(c1)OCCCO2. The van der Waals surface area contributed by atoms with E-state index >= 15 is 0 Å². The molecule has 3 rings (SSSR count). The fourth-order valence-electron chi connectivity index (χ4n) is 2.37. The molecular weight excluding hydrogens is 368 g/mol. The van der Waals surface area contributed by atoms with Crippen LogP contribution in [0.15, 0.2) is 52.3 Å². The first kappa shape index (κ1) is 18.5. The summed E-state index contributed by atoms with van der Waals surface area (Å²) in [5, 5.41) is 11.6. The predicted octanol–water partition coefficient (Wildman–Crippen LogP) is 4.19. The van der Waals surface area contributed by atoms with Gasteiger partial charge >= 0.3 is 0 Å². The monoisotopic (exact) mass is 386 g/mol. The number of amides is 1. The van der Waals surface area contributed by atoms with E-state index in [1.54, 1.807) is 0 Å². The highest BCUT2D eigenvalue weighted by Gasteiger charge is 2.12. The van der Waals surface area contributed by atoms with Crippen molar-refractivity contribution in [3.8, 4) is 17.6 Å². The van der Waals surface area contributed by atoms with Gasteiger partial charge < -0.3 is 14.8 Å². The van der Waals surface area contributed by atoms with Gasteiger partial charge in [-0.05, 0) is 30.3 Å². The van der Waals surface area contributed by atoms with Crippen LogP contribution in [0.3, 0.4) is 0 Å². The zero-order chi connectivity index (χ0) is 18.2. The number of carbonyl (C=O) groups is 1. The first-order valence-electron chi connectivity index (χ1n) is 8.17. The van der Waals surface area contributed by atoms with Gasteiger partial charge in [-0.3, -0.25) is 4.79 Å². The second kappa shape index (κ2) is 9.41. The fourth-order valence-corrected chi connectivity index (χ4v) is 3.77. The van der Waals surface area contributed by atoms with Crippen molar-refractivity contribution in [2.24, 2.45) is 0 Å². The highest BCUT2D eigenvalue weighted by atomic mass is 32.2. The number of ether oxygens (including phenoxy) is 2. The van der Waals surface area contributed by atoms with Crippen LogP contribution in [0.1, 0.15) is 6.42 Å². The molecule has 0 spiro atoms. The number of benzene rings is 2. The van der Waals surface area contributed by atoms with Gasteiger partial charge in [0.2, 0.25) is 5.91 Å². The Kier molecular flexibility index (Phi) is 6.69. The second-order valence-electron chi connectivity index (χ2n) is 5.44. The predicted molar refractivity (Wildman–Crippen MR) is 104 cm³/mol. The highest BCUT2D eigenvalue weighted by Crippen LogP contribution is 2.34. The maximum atomic E-state index is 12.3. The number of nitrogens with one attached hydrogen (secondary N) is 1. The number of hydrogen-bond donors (Lipinski definition) is 1. The third kappa shape index (κ3) is 5.10. The maximum absolute atomic E-state index is 12.3. The summed E-state index contributed by atoms with van der Waals surface area (Å²) in [6.07, 6.45) is 0.864. The van der Waals surface area contributed by atoms with E-state index in [1.807, 2.05) is 42.5 Å². The van der Waals surface area contributed by atoms with Gasteiger partial charge in [0.1, 0.15) is 0 Å². The molecule has 7 heteroatoms. The van der Waals surface area contributed by atoms with Crippen molar-refractivity contribution < 1.29 is 14.3 Å². The van der Waals surface area contributed by atoms with Crippen LogP contribution in [-0.4, -0.2) is 30.6 Å². The quantitative estimate of drug-likeness (QED) is 0.751. The summed E-state index contributed by atoms with van der Waals surface area (Å²) in [6.45, 7) is 1.30. The minimum atomic E-state index is -0.0906. The van der Waals surface area contributed by atoms with Gasteiger partial charge in [-0.25, -0.2) is 0 Å². The number of anilines is 1. The number of carbonyl (C=O) groups excluding carboxylic acids is 1. The van der Waals surface area contributed by atoms with Crippen LogP contribution < -0.4 is 14.8 Å². The van der Waals surface area contributed by atoms with E-state index in [1.165, 1.54) is 23.5 Å². The normalized spacial score (nSPS) is 12.7. The van der Waals surface area contributed by atoms with Crippen molar-refractivity contribution in [2.45, 2.75) is 16.2 Å². The lowest BCUT2D eigenvalue weighted by Gasteiger charge is -2.11. The summed E-state index contributed by atoms with van der Waals surface area (Å²) < 4.78 is 11.3. The van der Waals surface area contributed by atoms with Gasteiger partial charge in [-0.15, -0.1) is 23.5 Å². The van der Waals surface area contributed by atoms with Crippen LogP contribution in [0.2, 0.25) is 0 Å². The van der Waals surface area contributed by atoms with Crippen LogP contribution in [-0.2, 0) is 4.79 Å². The molecule has 2 aromatic rings. The van der Waals surface area contributed by atoms with Gasteiger partial charge in [0.15, 0.2) is 11.5 Å². The van der Waals surface area contributed by atoms with E-state index in [0.717, 1.165) is 33.4 Å². The first-order chi connectivity index (χ1) is 12.8. The molecule has 1 amide bonds.